The molecule has 1 aromatic carbocycles. The topological polar surface area (TPSA) is 102 Å². The van der Waals surface area contributed by atoms with Gasteiger partial charge in [0.15, 0.2) is 0 Å². The minimum absolute atomic E-state index is 0.133. The first-order chi connectivity index (χ1) is 11.8. The fourth-order valence-corrected chi connectivity index (χ4v) is 2.75. The quantitative estimate of drug-likeness (QED) is 0.719. The highest BCUT2D eigenvalue weighted by atomic mass is 19.1. The van der Waals surface area contributed by atoms with E-state index in [1.165, 1.54) is 28.1 Å². The van der Waals surface area contributed by atoms with Gasteiger partial charge in [0, 0.05) is 11.6 Å². The third-order valence-corrected chi connectivity index (χ3v) is 4.23. The molecule has 0 amide bonds. The Balaban J connectivity index is 2.12. The van der Waals surface area contributed by atoms with Gasteiger partial charge in [-0.1, -0.05) is 16.4 Å². The predicted octanol–water partition coefficient (Wildman–Crippen LogP) is 1.31. The standard InChI is InChI=1S/C15H16F2N6O2/c1-9-14(24)20-21-23(9)10(2)15(25,6-22-8-18-7-19-22)12-4-3-11(16)5-13(12)17/h3-5,7-8,10,24-25H,6H2,1-2H3/t10-,15-/m1/s1. The summed E-state index contributed by atoms with van der Waals surface area (Å²) >= 11 is 0. The maximum atomic E-state index is 14.4. The number of rotatable bonds is 5. The van der Waals surface area contributed by atoms with Crippen LogP contribution in [-0.2, 0) is 12.1 Å². The van der Waals surface area contributed by atoms with Crippen LogP contribution in [0, 0.1) is 18.6 Å². The van der Waals surface area contributed by atoms with Gasteiger partial charge in [-0.15, -0.1) is 0 Å². The summed E-state index contributed by atoms with van der Waals surface area (Å²) in [6.07, 6.45) is 2.64. The van der Waals surface area contributed by atoms with E-state index in [4.69, 9.17) is 0 Å². The minimum atomic E-state index is -1.86. The molecule has 0 aliphatic heterocycles. The van der Waals surface area contributed by atoms with Crippen molar-refractivity contribution in [1.82, 2.24) is 29.8 Å². The Morgan fingerprint density at radius 1 is 1.32 bits per heavy atom. The summed E-state index contributed by atoms with van der Waals surface area (Å²) in [4.78, 5) is 3.80. The Bertz CT molecular complexity index is 882. The lowest BCUT2D eigenvalue weighted by atomic mass is 9.86. The molecule has 0 spiro atoms. The smallest absolute Gasteiger partial charge is 0.254 e. The van der Waals surface area contributed by atoms with Crippen molar-refractivity contribution < 1.29 is 19.0 Å². The molecule has 132 valence electrons. The molecule has 0 saturated heterocycles. The summed E-state index contributed by atoms with van der Waals surface area (Å²) in [5.74, 6) is -1.96. The van der Waals surface area contributed by atoms with Gasteiger partial charge in [-0.2, -0.15) is 5.10 Å². The van der Waals surface area contributed by atoms with Gasteiger partial charge in [0.25, 0.3) is 5.88 Å². The monoisotopic (exact) mass is 350 g/mol. The van der Waals surface area contributed by atoms with Crippen LogP contribution in [0.4, 0.5) is 8.78 Å². The first kappa shape index (κ1) is 17.0. The van der Waals surface area contributed by atoms with Crippen LogP contribution in [0.3, 0.4) is 0 Å². The Morgan fingerprint density at radius 3 is 2.64 bits per heavy atom. The van der Waals surface area contributed by atoms with Gasteiger partial charge in [-0.05, 0) is 19.9 Å². The number of aromatic nitrogens is 6. The van der Waals surface area contributed by atoms with E-state index < -0.39 is 23.3 Å². The van der Waals surface area contributed by atoms with Gasteiger partial charge in [0.05, 0.1) is 18.3 Å². The molecular formula is C15H16F2N6O2. The summed E-state index contributed by atoms with van der Waals surface area (Å²) in [5, 5.41) is 32.3. The molecule has 0 aliphatic rings. The molecule has 0 radical (unpaired) electrons. The molecular weight excluding hydrogens is 334 g/mol. The first-order valence-electron chi connectivity index (χ1n) is 7.44. The molecule has 0 unspecified atom stereocenters. The van der Waals surface area contributed by atoms with E-state index in [0.29, 0.717) is 11.8 Å². The molecule has 0 bridgehead atoms. The Kier molecular flexibility index (Phi) is 4.21. The van der Waals surface area contributed by atoms with Crippen LogP contribution >= 0.6 is 0 Å². The zero-order valence-corrected chi connectivity index (χ0v) is 13.5. The van der Waals surface area contributed by atoms with Crippen molar-refractivity contribution in [3.63, 3.8) is 0 Å². The number of benzene rings is 1. The molecule has 2 heterocycles. The van der Waals surface area contributed by atoms with E-state index in [2.05, 4.69) is 20.4 Å². The molecule has 8 nitrogen and oxygen atoms in total. The lowest BCUT2D eigenvalue weighted by molar-refractivity contribution is -0.0380. The van der Waals surface area contributed by atoms with Crippen LogP contribution in [0.25, 0.3) is 0 Å². The number of hydrogen-bond acceptors (Lipinski definition) is 6. The second kappa shape index (κ2) is 6.20. The SMILES string of the molecule is Cc1c(O)nnn1[C@H](C)[C@](O)(Cn1cncn1)c1ccc(F)cc1F. The summed E-state index contributed by atoms with van der Waals surface area (Å²) in [6, 6.07) is 2.07. The van der Waals surface area contributed by atoms with Gasteiger partial charge in [0.1, 0.15) is 29.9 Å². The van der Waals surface area contributed by atoms with Crippen molar-refractivity contribution in [3.8, 4) is 5.88 Å². The third-order valence-electron chi connectivity index (χ3n) is 4.23. The maximum Gasteiger partial charge on any atom is 0.254 e. The van der Waals surface area contributed by atoms with Crippen molar-refractivity contribution >= 4 is 0 Å². The van der Waals surface area contributed by atoms with Gasteiger partial charge < -0.3 is 10.2 Å². The molecule has 2 aromatic heterocycles. The summed E-state index contributed by atoms with van der Waals surface area (Å²) < 4.78 is 30.3. The van der Waals surface area contributed by atoms with Gasteiger partial charge in [-0.25, -0.2) is 23.1 Å². The first-order valence-corrected chi connectivity index (χ1v) is 7.44. The van der Waals surface area contributed by atoms with Gasteiger partial charge in [-0.3, -0.25) is 0 Å². The number of aliphatic hydroxyl groups is 1. The fraction of sp³-hybridized carbons (Fsp3) is 0.333. The summed E-state index contributed by atoms with van der Waals surface area (Å²) in [5.41, 5.74) is -1.70. The Labute approximate surface area is 141 Å². The lowest BCUT2D eigenvalue weighted by Gasteiger charge is -2.35. The normalized spacial score (nSPS) is 15.1. The second-order valence-corrected chi connectivity index (χ2v) is 5.76. The average Bonchev–Trinajstić information content (AvgIpc) is 3.17. The number of aromatic hydroxyl groups is 1. The molecule has 10 heteroatoms. The minimum Gasteiger partial charge on any atom is -0.491 e. The predicted molar refractivity (Wildman–Crippen MR) is 81.4 cm³/mol. The van der Waals surface area contributed by atoms with Gasteiger partial charge >= 0.3 is 0 Å². The number of halogens is 2. The van der Waals surface area contributed by atoms with E-state index in [9.17, 15) is 19.0 Å². The molecule has 25 heavy (non-hydrogen) atoms. The molecule has 0 fully saturated rings. The molecule has 3 rings (SSSR count). The summed E-state index contributed by atoms with van der Waals surface area (Å²) in [6.45, 7) is 2.97. The highest BCUT2D eigenvalue weighted by Crippen LogP contribution is 2.37. The molecule has 0 aliphatic carbocycles. The number of hydrogen-bond donors (Lipinski definition) is 2. The van der Waals surface area contributed by atoms with Crippen LogP contribution in [0.5, 0.6) is 5.88 Å². The molecule has 3 aromatic rings. The van der Waals surface area contributed by atoms with Gasteiger partial charge in [0.2, 0.25) is 0 Å². The van der Waals surface area contributed by atoms with Crippen LogP contribution < -0.4 is 0 Å². The maximum absolute atomic E-state index is 14.4. The largest absolute Gasteiger partial charge is 0.491 e. The zero-order valence-electron chi connectivity index (χ0n) is 13.5. The summed E-state index contributed by atoms with van der Waals surface area (Å²) in [7, 11) is 0. The van der Waals surface area contributed by atoms with Crippen molar-refractivity contribution in [2.24, 2.45) is 0 Å². The molecule has 2 atom stereocenters. The van der Waals surface area contributed by atoms with E-state index in [1.54, 1.807) is 13.8 Å². The van der Waals surface area contributed by atoms with Crippen LogP contribution in [0.15, 0.2) is 30.9 Å². The Morgan fingerprint density at radius 2 is 2.08 bits per heavy atom. The third kappa shape index (κ3) is 2.95. The van der Waals surface area contributed by atoms with E-state index in [0.717, 1.165) is 6.07 Å². The van der Waals surface area contributed by atoms with Crippen molar-refractivity contribution in [2.45, 2.75) is 32.0 Å². The van der Waals surface area contributed by atoms with E-state index >= 15 is 0 Å². The number of nitrogens with zero attached hydrogens (tertiary/aromatic N) is 6. The molecule has 0 saturated carbocycles. The van der Waals surface area contributed by atoms with Crippen LogP contribution in [0.2, 0.25) is 0 Å². The highest BCUT2D eigenvalue weighted by molar-refractivity contribution is 5.27. The zero-order chi connectivity index (χ0) is 18.2. The van der Waals surface area contributed by atoms with E-state index in [-0.39, 0.29) is 18.0 Å². The highest BCUT2D eigenvalue weighted by Gasteiger charge is 2.41. The van der Waals surface area contributed by atoms with Crippen LogP contribution in [0.1, 0.15) is 24.2 Å². The average molecular weight is 350 g/mol. The van der Waals surface area contributed by atoms with Crippen molar-refractivity contribution in [3.05, 3.63) is 53.7 Å². The van der Waals surface area contributed by atoms with Crippen LogP contribution in [-0.4, -0.2) is 40.0 Å². The van der Waals surface area contributed by atoms with Crippen molar-refractivity contribution in [2.75, 3.05) is 0 Å². The molecule has 2 N–H and O–H groups in total. The fourth-order valence-electron chi connectivity index (χ4n) is 2.75. The Hall–Kier alpha value is -2.88. The van der Waals surface area contributed by atoms with Crippen molar-refractivity contribution in [1.29, 1.82) is 0 Å². The second-order valence-electron chi connectivity index (χ2n) is 5.76. The van der Waals surface area contributed by atoms with E-state index in [1.807, 2.05) is 0 Å². The lowest BCUT2D eigenvalue weighted by Crippen LogP contribution is -2.41.